The van der Waals surface area contributed by atoms with Gasteiger partial charge in [0.25, 0.3) is 0 Å². The molecule has 3 fully saturated rings. The molecule has 180 valence electrons. The predicted octanol–water partition coefficient (Wildman–Crippen LogP) is 3.64. The number of carbonyl (C=O) groups excluding carboxylic acids is 2. The first kappa shape index (κ1) is 23.9. The molecule has 0 amide bonds. The highest BCUT2D eigenvalue weighted by Crippen LogP contribution is 2.66. The van der Waals surface area contributed by atoms with Gasteiger partial charge in [-0.25, -0.2) is 4.79 Å². The molecule has 0 aliphatic heterocycles. The minimum absolute atomic E-state index is 0.0231. The van der Waals surface area contributed by atoms with Crippen LogP contribution in [0.3, 0.4) is 0 Å². The van der Waals surface area contributed by atoms with E-state index in [2.05, 4.69) is 18.3 Å². The van der Waals surface area contributed by atoms with Gasteiger partial charge < -0.3 is 19.7 Å². The van der Waals surface area contributed by atoms with E-state index in [0.29, 0.717) is 24.7 Å². The average Bonchev–Trinajstić information content (AvgIpc) is 3.42. The fraction of sp³-hybridized carbons (Fsp3) is 0.654. The van der Waals surface area contributed by atoms with E-state index in [4.69, 9.17) is 5.11 Å². The minimum atomic E-state index is -1.03. The van der Waals surface area contributed by atoms with Crippen LogP contribution >= 0.6 is 0 Å². The van der Waals surface area contributed by atoms with E-state index in [0.717, 1.165) is 32.1 Å². The van der Waals surface area contributed by atoms with Crippen LogP contribution in [-0.2, 0) is 9.59 Å². The summed E-state index contributed by atoms with van der Waals surface area (Å²) in [4.78, 5) is 34.1. The molecule has 0 spiro atoms. The van der Waals surface area contributed by atoms with Crippen LogP contribution < -0.4 is 0 Å². The van der Waals surface area contributed by atoms with Crippen molar-refractivity contribution in [3.8, 4) is 0 Å². The van der Waals surface area contributed by atoms with Gasteiger partial charge in [-0.05, 0) is 85.3 Å². The molecular weight excluding hydrogens is 424 g/mol. The number of carbonyl (C=O) groups is 3. The van der Waals surface area contributed by atoms with Gasteiger partial charge in [0.05, 0.1) is 12.4 Å². The number of rotatable bonds is 3. The second-order valence-corrected chi connectivity index (χ2v) is 10.7. The third kappa shape index (κ3) is 3.99. The number of fused-ring (bicyclic) bond motifs is 5. The summed E-state index contributed by atoms with van der Waals surface area (Å²) in [5.41, 5.74) is 0.979. The molecule has 3 saturated carbocycles. The molecule has 33 heavy (non-hydrogen) atoms. The molecule has 7 unspecified atom stereocenters. The Balaban J connectivity index is 0.000000275. The fourth-order valence-electron chi connectivity index (χ4n) is 7.73. The van der Waals surface area contributed by atoms with Crippen molar-refractivity contribution in [2.45, 2.75) is 64.9 Å². The van der Waals surface area contributed by atoms with Crippen LogP contribution in [0.1, 0.15) is 69.3 Å². The fourth-order valence-corrected chi connectivity index (χ4v) is 7.73. The lowest BCUT2D eigenvalue weighted by Crippen LogP contribution is -2.57. The van der Waals surface area contributed by atoms with Crippen molar-refractivity contribution in [1.82, 2.24) is 0 Å². The van der Waals surface area contributed by atoms with Gasteiger partial charge in [0.2, 0.25) is 5.76 Å². The number of aliphatic hydroxyl groups is 2. The molecule has 0 saturated heterocycles. The Labute approximate surface area is 193 Å². The van der Waals surface area contributed by atoms with Gasteiger partial charge in [0.1, 0.15) is 6.61 Å². The first-order valence-corrected chi connectivity index (χ1v) is 11.9. The Bertz CT molecular complexity index is 948. The molecule has 7 nitrogen and oxygen atoms in total. The number of aromatic carboxylic acids is 1. The Morgan fingerprint density at radius 2 is 1.94 bits per heavy atom. The Morgan fingerprint density at radius 3 is 2.55 bits per heavy atom. The van der Waals surface area contributed by atoms with E-state index in [9.17, 15) is 24.6 Å². The number of hydrogen-bond donors (Lipinski definition) is 3. The molecule has 1 aromatic rings. The summed E-state index contributed by atoms with van der Waals surface area (Å²) in [5, 5.41) is 28.7. The molecule has 0 aromatic carbocycles. The van der Waals surface area contributed by atoms with E-state index in [1.807, 2.05) is 6.08 Å². The Hall–Kier alpha value is -2.25. The van der Waals surface area contributed by atoms with Crippen molar-refractivity contribution in [3.05, 3.63) is 35.8 Å². The number of hydrogen-bond acceptors (Lipinski definition) is 6. The molecule has 1 heterocycles. The zero-order valence-electron chi connectivity index (χ0n) is 19.3. The van der Waals surface area contributed by atoms with E-state index in [1.54, 1.807) is 0 Å². The van der Waals surface area contributed by atoms with E-state index < -0.39 is 12.1 Å². The summed E-state index contributed by atoms with van der Waals surface area (Å²) >= 11 is 0. The first-order valence-electron chi connectivity index (χ1n) is 11.9. The molecule has 7 atom stereocenters. The lowest BCUT2D eigenvalue weighted by atomic mass is 9.46. The summed E-state index contributed by atoms with van der Waals surface area (Å²) in [6, 6.07) is 2.92. The first-order chi connectivity index (χ1) is 15.6. The van der Waals surface area contributed by atoms with E-state index >= 15 is 0 Å². The van der Waals surface area contributed by atoms with E-state index in [1.165, 1.54) is 24.0 Å². The summed E-state index contributed by atoms with van der Waals surface area (Å²) in [6.45, 7) is 4.03. The summed E-state index contributed by atoms with van der Waals surface area (Å²) in [6.07, 6.45) is 8.64. The SMILES string of the molecule is CC12CCC(=O)C=C1CCC1C2C(O)CC2(C)C(C(=O)CO)CCC12.O=C(O)c1ccco1. The van der Waals surface area contributed by atoms with Gasteiger partial charge in [0.15, 0.2) is 11.6 Å². The minimum Gasteiger partial charge on any atom is -0.475 e. The second kappa shape index (κ2) is 8.84. The highest BCUT2D eigenvalue weighted by Gasteiger charge is 2.62. The topological polar surface area (TPSA) is 125 Å². The number of Topliss-reactive ketones (excluding diaryl/α,β-unsaturated/α-hetero) is 1. The molecule has 7 heteroatoms. The van der Waals surface area contributed by atoms with Crippen LogP contribution in [0.4, 0.5) is 0 Å². The highest BCUT2D eigenvalue weighted by molar-refractivity contribution is 5.91. The zero-order chi connectivity index (χ0) is 24.0. The lowest BCUT2D eigenvalue weighted by Gasteiger charge is -2.59. The van der Waals surface area contributed by atoms with Gasteiger partial charge in [-0.3, -0.25) is 9.59 Å². The third-order valence-corrected chi connectivity index (χ3v) is 9.17. The summed E-state index contributed by atoms with van der Waals surface area (Å²) in [5.74, 6) is 0.0625. The zero-order valence-corrected chi connectivity index (χ0v) is 19.3. The maximum absolute atomic E-state index is 12.3. The molecule has 0 radical (unpaired) electrons. The van der Waals surface area contributed by atoms with Gasteiger partial charge in [-0.1, -0.05) is 19.4 Å². The van der Waals surface area contributed by atoms with E-state index in [-0.39, 0.29) is 46.6 Å². The maximum atomic E-state index is 12.3. The van der Waals surface area contributed by atoms with Crippen molar-refractivity contribution in [2.75, 3.05) is 6.61 Å². The van der Waals surface area contributed by atoms with Crippen molar-refractivity contribution in [3.63, 3.8) is 0 Å². The molecule has 3 N–H and O–H groups in total. The van der Waals surface area contributed by atoms with Crippen LogP contribution in [0.5, 0.6) is 0 Å². The number of allylic oxidation sites excluding steroid dienone is 1. The standard InChI is InChI=1S/C21H30O4.C5H4O3/c1-20-8-7-13(23)9-12(20)3-4-14-15-5-6-16(18(25)11-22)21(15,2)10-17(24)19(14)20;6-5(7)4-2-1-3-8-4/h9,14-17,19,22,24H,3-8,10-11H2,1-2H3;1-3H,(H,6,7). The van der Waals surface area contributed by atoms with Gasteiger partial charge >= 0.3 is 5.97 Å². The molecule has 0 bridgehead atoms. The van der Waals surface area contributed by atoms with Crippen molar-refractivity contribution >= 4 is 17.5 Å². The van der Waals surface area contributed by atoms with Crippen molar-refractivity contribution < 1.29 is 34.1 Å². The van der Waals surface area contributed by atoms with Crippen LogP contribution in [0.15, 0.2) is 34.5 Å². The highest BCUT2D eigenvalue weighted by atomic mass is 16.4. The molecular formula is C26H34O7. The third-order valence-electron chi connectivity index (χ3n) is 9.17. The lowest BCUT2D eigenvalue weighted by molar-refractivity contribution is -0.146. The summed E-state index contributed by atoms with van der Waals surface area (Å²) < 4.78 is 4.50. The Kier molecular flexibility index (Phi) is 6.40. The number of aliphatic hydroxyl groups excluding tert-OH is 2. The average molecular weight is 459 g/mol. The number of carboxylic acids is 1. The largest absolute Gasteiger partial charge is 0.475 e. The predicted molar refractivity (Wildman–Crippen MR) is 119 cm³/mol. The number of furan rings is 1. The quantitative estimate of drug-likeness (QED) is 0.631. The molecule has 5 rings (SSSR count). The normalized spacial score (nSPS) is 39.3. The van der Waals surface area contributed by atoms with Crippen molar-refractivity contribution in [1.29, 1.82) is 0 Å². The van der Waals surface area contributed by atoms with Crippen molar-refractivity contribution in [2.24, 2.45) is 34.5 Å². The van der Waals surface area contributed by atoms with Gasteiger partial charge in [-0.2, -0.15) is 0 Å². The number of carboxylic acid groups (broad SMARTS) is 1. The van der Waals surface area contributed by atoms with Crippen LogP contribution in [-0.4, -0.2) is 45.6 Å². The summed E-state index contributed by atoms with van der Waals surface area (Å²) in [7, 11) is 0. The molecule has 1 aromatic heterocycles. The van der Waals surface area contributed by atoms with Crippen LogP contribution in [0.25, 0.3) is 0 Å². The van der Waals surface area contributed by atoms with Gasteiger partial charge in [0, 0.05) is 12.3 Å². The van der Waals surface area contributed by atoms with Gasteiger partial charge in [-0.15, -0.1) is 0 Å². The molecule has 4 aliphatic carbocycles. The van der Waals surface area contributed by atoms with Crippen LogP contribution in [0.2, 0.25) is 0 Å². The molecule has 4 aliphatic rings. The van der Waals surface area contributed by atoms with Crippen LogP contribution in [0, 0.1) is 34.5 Å². The second-order valence-electron chi connectivity index (χ2n) is 10.7. The monoisotopic (exact) mass is 458 g/mol. The number of ketones is 2. The Morgan fingerprint density at radius 1 is 1.18 bits per heavy atom. The smallest absolute Gasteiger partial charge is 0.371 e. The maximum Gasteiger partial charge on any atom is 0.371 e.